The van der Waals surface area contributed by atoms with Crippen LogP contribution in [-0.2, 0) is 13.1 Å². The molecule has 0 N–H and O–H groups in total. The van der Waals surface area contributed by atoms with Crippen LogP contribution in [0.5, 0.6) is 0 Å². The van der Waals surface area contributed by atoms with E-state index in [1.807, 2.05) is 11.3 Å². The lowest BCUT2D eigenvalue weighted by atomic mass is 10.1. The van der Waals surface area contributed by atoms with Gasteiger partial charge in [0.15, 0.2) is 0 Å². The van der Waals surface area contributed by atoms with Gasteiger partial charge in [-0.2, -0.15) is 0 Å². The lowest BCUT2D eigenvalue weighted by Crippen LogP contribution is -2.29. The van der Waals surface area contributed by atoms with Crippen molar-refractivity contribution in [1.29, 1.82) is 0 Å². The highest BCUT2D eigenvalue weighted by atomic mass is 32.1. The summed E-state index contributed by atoms with van der Waals surface area (Å²) in [4.78, 5) is 10.0. The lowest BCUT2D eigenvalue weighted by Gasteiger charge is -2.21. The number of hydrogen-bond acceptors (Lipinski definition) is 4. The van der Waals surface area contributed by atoms with Gasteiger partial charge < -0.3 is 0 Å². The maximum atomic E-state index is 2.67. The van der Waals surface area contributed by atoms with Crippen molar-refractivity contribution in [1.82, 2.24) is 9.80 Å². The van der Waals surface area contributed by atoms with Gasteiger partial charge in [-0.25, -0.2) is 0 Å². The van der Waals surface area contributed by atoms with E-state index in [2.05, 4.69) is 50.8 Å². The van der Waals surface area contributed by atoms with Crippen LogP contribution in [0.25, 0.3) is 0 Å². The zero-order valence-electron chi connectivity index (χ0n) is 14.5. The van der Waals surface area contributed by atoms with Crippen molar-refractivity contribution in [2.45, 2.75) is 51.1 Å². The third-order valence-electron chi connectivity index (χ3n) is 5.46. The van der Waals surface area contributed by atoms with Crippen molar-refractivity contribution < 1.29 is 0 Å². The van der Waals surface area contributed by atoms with E-state index in [0.29, 0.717) is 0 Å². The van der Waals surface area contributed by atoms with Crippen LogP contribution in [0.4, 0.5) is 0 Å². The second-order valence-corrected chi connectivity index (χ2v) is 9.50. The molecular weight excluding hydrogens is 332 g/mol. The summed E-state index contributed by atoms with van der Waals surface area (Å²) >= 11 is 3.97. The van der Waals surface area contributed by atoms with Crippen molar-refractivity contribution in [3.8, 4) is 0 Å². The first-order chi connectivity index (χ1) is 11.9. The zero-order chi connectivity index (χ0) is 16.2. The average molecular weight is 361 g/mol. The number of thiophene rings is 2. The van der Waals surface area contributed by atoms with E-state index in [1.54, 1.807) is 9.75 Å². The Morgan fingerprint density at radius 2 is 1.58 bits per heavy atom. The SMILES string of the molecule is c1csc(CN2CCCN(Cc3ccc(C4CCCC4)s3)CC2)c1. The highest BCUT2D eigenvalue weighted by Gasteiger charge is 2.20. The minimum atomic E-state index is 0.870. The first-order valence-corrected chi connectivity index (χ1v) is 11.1. The molecule has 3 heterocycles. The summed E-state index contributed by atoms with van der Waals surface area (Å²) in [6.45, 7) is 7.20. The number of nitrogens with zero attached hydrogens (tertiary/aromatic N) is 2. The molecule has 0 bridgehead atoms. The van der Waals surface area contributed by atoms with Crippen molar-refractivity contribution in [3.63, 3.8) is 0 Å². The van der Waals surface area contributed by atoms with Crippen molar-refractivity contribution in [2.24, 2.45) is 0 Å². The van der Waals surface area contributed by atoms with Crippen molar-refractivity contribution in [3.05, 3.63) is 44.3 Å². The molecule has 0 spiro atoms. The molecule has 1 saturated carbocycles. The number of rotatable bonds is 5. The predicted octanol–water partition coefficient (Wildman–Crippen LogP) is 5.18. The van der Waals surface area contributed by atoms with Crippen LogP contribution >= 0.6 is 22.7 Å². The molecule has 0 radical (unpaired) electrons. The Kier molecular flexibility index (Phi) is 5.68. The standard InChI is InChI=1S/C20H28N2S2/c1-2-6-17(5-1)20-9-8-19(24-20)16-22-11-4-10-21(12-13-22)15-18-7-3-14-23-18/h3,7-9,14,17H,1-2,4-6,10-13,15-16H2. The molecule has 2 aromatic heterocycles. The minimum Gasteiger partial charge on any atom is -0.297 e. The summed E-state index contributed by atoms with van der Waals surface area (Å²) in [7, 11) is 0. The van der Waals surface area contributed by atoms with Gasteiger partial charge in [0.25, 0.3) is 0 Å². The summed E-state index contributed by atoms with van der Waals surface area (Å²) in [6, 6.07) is 9.25. The zero-order valence-corrected chi connectivity index (χ0v) is 16.1. The molecule has 1 saturated heterocycles. The Hall–Kier alpha value is -0.680. The number of hydrogen-bond donors (Lipinski definition) is 0. The summed E-state index contributed by atoms with van der Waals surface area (Å²) in [5.41, 5.74) is 0. The molecule has 130 valence electrons. The van der Waals surface area contributed by atoms with E-state index in [9.17, 15) is 0 Å². The van der Waals surface area contributed by atoms with Gasteiger partial charge in [-0.05, 0) is 61.8 Å². The highest BCUT2D eigenvalue weighted by molar-refractivity contribution is 7.12. The maximum absolute atomic E-state index is 2.67. The van der Waals surface area contributed by atoms with Gasteiger partial charge in [0, 0.05) is 40.8 Å². The van der Waals surface area contributed by atoms with E-state index in [0.717, 1.165) is 19.0 Å². The van der Waals surface area contributed by atoms with Gasteiger partial charge in [0.05, 0.1) is 0 Å². The van der Waals surface area contributed by atoms with E-state index >= 15 is 0 Å². The molecule has 0 amide bonds. The molecule has 4 rings (SSSR count). The van der Waals surface area contributed by atoms with E-state index in [4.69, 9.17) is 0 Å². The van der Waals surface area contributed by atoms with Gasteiger partial charge in [-0.15, -0.1) is 22.7 Å². The Balaban J connectivity index is 1.29. The monoisotopic (exact) mass is 360 g/mol. The fourth-order valence-electron chi connectivity index (χ4n) is 4.09. The third kappa shape index (κ3) is 4.29. The van der Waals surface area contributed by atoms with Gasteiger partial charge in [-0.3, -0.25) is 9.80 Å². The Bertz CT molecular complexity index is 613. The molecule has 1 aliphatic heterocycles. The molecule has 0 atom stereocenters. The van der Waals surface area contributed by atoms with Crippen LogP contribution in [0, 0.1) is 0 Å². The van der Waals surface area contributed by atoms with Crippen LogP contribution in [-0.4, -0.2) is 36.0 Å². The summed E-state index contributed by atoms with van der Waals surface area (Å²) in [5.74, 6) is 0.870. The quantitative estimate of drug-likeness (QED) is 0.725. The smallest absolute Gasteiger partial charge is 0.0328 e. The first-order valence-electron chi connectivity index (χ1n) is 9.42. The Morgan fingerprint density at radius 3 is 2.29 bits per heavy atom. The molecule has 24 heavy (non-hydrogen) atoms. The van der Waals surface area contributed by atoms with Crippen molar-refractivity contribution >= 4 is 22.7 Å². The molecule has 2 aromatic rings. The Morgan fingerprint density at radius 1 is 0.833 bits per heavy atom. The second-order valence-electron chi connectivity index (χ2n) is 7.27. The topological polar surface area (TPSA) is 6.48 Å². The van der Waals surface area contributed by atoms with Crippen molar-refractivity contribution in [2.75, 3.05) is 26.2 Å². The van der Waals surface area contributed by atoms with Crippen LogP contribution in [0.3, 0.4) is 0 Å². The fourth-order valence-corrected chi connectivity index (χ4v) is 6.06. The van der Waals surface area contributed by atoms with Crippen LogP contribution in [0.1, 0.15) is 52.7 Å². The molecule has 0 unspecified atom stereocenters. The molecule has 0 aromatic carbocycles. The normalized spacial score (nSPS) is 21.3. The Labute approximate surface area is 154 Å². The van der Waals surface area contributed by atoms with Gasteiger partial charge in [0.2, 0.25) is 0 Å². The minimum absolute atomic E-state index is 0.870. The van der Waals surface area contributed by atoms with Gasteiger partial charge in [0.1, 0.15) is 0 Å². The van der Waals surface area contributed by atoms with Crippen LogP contribution in [0.15, 0.2) is 29.6 Å². The van der Waals surface area contributed by atoms with Gasteiger partial charge in [-0.1, -0.05) is 18.9 Å². The molecule has 2 aliphatic rings. The van der Waals surface area contributed by atoms with Gasteiger partial charge >= 0.3 is 0 Å². The predicted molar refractivity (Wildman–Crippen MR) is 105 cm³/mol. The van der Waals surface area contributed by atoms with Crippen LogP contribution in [0.2, 0.25) is 0 Å². The molecular formula is C20H28N2S2. The molecule has 2 fully saturated rings. The molecule has 4 heteroatoms. The summed E-state index contributed by atoms with van der Waals surface area (Å²) < 4.78 is 0. The highest BCUT2D eigenvalue weighted by Crippen LogP contribution is 2.37. The summed E-state index contributed by atoms with van der Waals surface area (Å²) in [5, 5.41) is 2.19. The van der Waals surface area contributed by atoms with Crippen LogP contribution < -0.4 is 0 Å². The average Bonchev–Trinajstić information content (AvgIpc) is 3.31. The third-order valence-corrected chi connectivity index (χ3v) is 7.55. The van der Waals surface area contributed by atoms with E-state index in [-0.39, 0.29) is 0 Å². The molecule has 1 aliphatic carbocycles. The fraction of sp³-hybridized carbons (Fsp3) is 0.600. The lowest BCUT2D eigenvalue weighted by molar-refractivity contribution is 0.249. The summed E-state index contributed by atoms with van der Waals surface area (Å²) in [6.07, 6.45) is 7.00. The van der Waals surface area contributed by atoms with E-state index in [1.165, 1.54) is 63.2 Å². The molecule has 2 nitrogen and oxygen atoms in total. The maximum Gasteiger partial charge on any atom is 0.0328 e. The second kappa shape index (κ2) is 8.13. The van der Waals surface area contributed by atoms with E-state index < -0.39 is 0 Å². The largest absolute Gasteiger partial charge is 0.297 e. The first kappa shape index (κ1) is 16.8.